The Morgan fingerprint density at radius 2 is 1.73 bits per heavy atom. The Labute approximate surface area is 271 Å². The quantitative estimate of drug-likeness (QED) is 0.0473. The van der Waals surface area contributed by atoms with Gasteiger partial charge in [-0.3, -0.25) is 19.2 Å². The van der Waals surface area contributed by atoms with Crippen molar-refractivity contribution in [2.75, 3.05) is 43.1 Å². The topological polar surface area (TPSA) is 184 Å². The number of hydrogen-bond acceptors (Lipinski definition) is 9. The minimum absolute atomic E-state index is 0.00214. The van der Waals surface area contributed by atoms with Gasteiger partial charge in [-0.2, -0.15) is 11.8 Å². The average Bonchev–Trinajstić information content (AvgIpc) is 3.56. The van der Waals surface area contributed by atoms with Crippen molar-refractivity contribution >= 4 is 68.7 Å². The summed E-state index contributed by atoms with van der Waals surface area (Å²) in [4.78, 5) is 60.9. The first-order valence-electron chi connectivity index (χ1n) is 15.1. The number of carbonyl (C=O) groups excluding carboxylic acids is 5. The fourth-order valence-corrected chi connectivity index (χ4v) is 8.37. The second kappa shape index (κ2) is 19.6. The van der Waals surface area contributed by atoms with Crippen LogP contribution in [0.5, 0.6) is 0 Å². The Hall–Kier alpha value is -2.78. The Morgan fingerprint density at radius 1 is 0.955 bits per heavy atom. The number of thioether (sulfide) groups is 1. The molecule has 2 heterocycles. The summed E-state index contributed by atoms with van der Waals surface area (Å²) in [7, 11) is 4.77. The number of rotatable bonds is 20. The molecule has 0 spiro atoms. The molecule has 8 N–H and O–H groups in total. The molecular formula is C29H45N7O5S3. The largest absolute Gasteiger partial charge is 0.399 e. The van der Waals surface area contributed by atoms with Crippen molar-refractivity contribution in [1.82, 2.24) is 31.9 Å². The lowest BCUT2D eigenvalue weighted by molar-refractivity contribution is -0.123. The molecule has 2 aliphatic heterocycles. The zero-order valence-corrected chi connectivity index (χ0v) is 27.6. The van der Waals surface area contributed by atoms with Gasteiger partial charge in [-0.1, -0.05) is 28.0 Å². The molecule has 244 valence electrons. The smallest absolute Gasteiger partial charge is 0.315 e. The third-order valence-electron chi connectivity index (χ3n) is 7.38. The molecule has 15 heteroatoms. The predicted molar refractivity (Wildman–Crippen MR) is 180 cm³/mol. The van der Waals surface area contributed by atoms with E-state index in [2.05, 4.69) is 31.9 Å². The van der Waals surface area contributed by atoms with Crippen molar-refractivity contribution in [3.8, 4) is 0 Å². The Kier molecular flexibility index (Phi) is 15.9. The normalized spacial score (nSPS) is 19.3. The van der Waals surface area contributed by atoms with Gasteiger partial charge in [-0.15, -0.1) is 0 Å². The number of urea groups is 1. The third-order valence-corrected chi connectivity index (χ3v) is 11.3. The molecule has 44 heavy (non-hydrogen) atoms. The number of nitrogens with one attached hydrogen (secondary N) is 6. The molecule has 3 rings (SSSR count). The van der Waals surface area contributed by atoms with Gasteiger partial charge in [-0.25, -0.2) is 4.79 Å². The van der Waals surface area contributed by atoms with Gasteiger partial charge in [0, 0.05) is 66.7 Å². The van der Waals surface area contributed by atoms with Gasteiger partial charge >= 0.3 is 6.03 Å². The van der Waals surface area contributed by atoms with Crippen LogP contribution < -0.4 is 37.6 Å². The van der Waals surface area contributed by atoms with Crippen LogP contribution in [0.25, 0.3) is 0 Å². The molecule has 2 fully saturated rings. The van der Waals surface area contributed by atoms with E-state index in [1.54, 1.807) is 52.9 Å². The number of nitrogen functional groups attached to an aromatic ring is 1. The van der Waals surface area contributed by atoms with Crippen LogP contribution in [0.15, 0.2) is 24.3 Å². The first-order chi connectivity index (χ1) is 21.3. The van der Waals surface area contributed by atoms with Crippen LogP contribution in [-0.2, 0) is 14.4 Å². The Balaban J connectivity index is 1.32. The van der Waals surface area contributed by atoms with Crippen molar-refractivity contribution in [2.45, 2.75) is 74.7 Å². The highest BCUT2D eigenvalue weighted by molar-refractivity contribution is 8.76. The molecule has 4 unspecified atom stereocenters. The highest BCUT2D eigenvalue weighted by Gasteiger charge is 2.42. The molecule has 1 aromatic rings. The summed E-state index contributed by atoms with van der Waals surface area (Å²) in [6.45, 7) is 0.940. The van der Waals surface area contributed by atoms with E-state index in [1.807, 2.05) is 11.8 Å². The van der Waals surface area contributed by atoms with E-state index in [9.17, 15) is 24.0 Å². The van der Waals surface area contributed by atoms with E-state index in [0.29, 0.717) is 73.2 Å². The summed E-state index contributed by atoms with van der Waals surface area (Å²) in [5.74, 6) is 1.69. The molecule has 0 aliphatic carbocycles. The van der Waals surface area contributed by atoms with Crippen LogP contribution >= 0.6 is 33.3 Å². The lowest BCUT2D eigenvalue weighted by atomic mass is 10.0. The third kappa shape index (κ3) is 12.7. The zero-order valence-electron chi connectivity index (χ0n) is 25.2. The average molecular weight is 668 g/mol. The van der Waals surface area contributed by atoms with E-state index in [1.165, 1.54) is 0 Å². The van der Waals surface area contributed by atoms with Gasteiger partial charge in [0.05, 0.1) is 12.1 Å². The Morgan fingerprint density at radius 3 is 2.50 bits per heavy atom. The summed E-state index contributed by atoms with van der Waals surface area (Å²) >= 11 is 1.88. The second-order valence-electron chi connectivity index (χ2n) is 10.7. The van der Waals surface area contributed by atoms with Gasteiger partial charge < -0.3 is 37.6 Å². The van der Waals surface area contributed by atoms with E-state index < -0.39 is 6.04 Å². The lowest BCUT2D eigenvalue weighted by Gasteiger charge is -2.19. The number of fused-ring (bicyclic) bond motifs is 1. The van der Waals surface area contributed by atoms with Crippen LogP contribution in [0.1, 0.15) is 61.7 Å². The number of unbranched alkanes of at least 4 members (excludes halogenated alkanes) is 2. The summed E-state index contributed by atoms with van der Waals surface area (Å²) in [5.41, 5.74) is 6.70. The molecule has 2 saturated heterocycles. The van der Waals surface area contributed by atoms with Crippen molar-refractivity contribution in [3.05, 3.63) is 29.8 Å². The highest BCUT2D eigenvalue weighted by atomic mass is 33.1. The highest BCUT2D eigenvalue weighted by Crippen LogP contribution is 2.33. The molecule has 12 nitrogen and oxygen atoms in total. The molecule has 0 radical (unpaired) electrons. The van der Waals surface area contributed by atoms with E-state index in [-0.39, 0.29) is 41.7 Å². The van der Waals surface area contributed by atoms with Crippen LogP contribution in [0.2, 0.25) is 0 Å². The van der Waals surface area contributed by atoms with Gasteiger partial charge in [0.1, 0.15) is 6.04 Å². The second-order valence-corrected chi connectivity index (χ2v) is 14.7. The molecule has 2 aliphatic rings. The molecule has 4 atom stereocenters. The maximum atomic E-state index is 13.0. The van der Waals surface area contributed by atoms with E-state index in [0.717, 1.165) is 25.0 Å². The minimum Gasteiger partial charge on any atom is -0.399 e. The molecular weight excluding hydrogens is 623 g/mol. The summed E-state index contributed by atoms with van der Waals surface area (Å²) in [5, 5.41) is 17.6. The van der Waals surface area contributed by atoms with Gasteiger partial charge in [-0.05, 0) is 56.4 Å². The van der Waals surface area contributed by atoms with Crippen molar-refractivity contribution in [3.63, 3.8) is 0 Å². The molecule has 0 aromatic heterocycles. The van der Waals surface area contributed by atoms with Crippen molar-refractivity contribution in [1.29, 1.82) is 0 Å². The van der Waals surface area contributed by atoms with Crippen LogP contribution in [0.3, 0.4) is 0 Å². The number of anilines is 1. The standard InChI is InChI=1S/C29H45N7O5S3/c1-31-24(37)13-16-43-44-17-15-33-28(40)21(34-27(39)19-9-11-20(30)12-10-19)6-4-5-14-32-25(38)8-3-2-7-23-26-22(18-42-23)35-29(41)36-26/h9-12,21-23,26H,2-8,13-18,30H2,1H3,(H,31,37)(H,32,38)(H,33,40)(H,34,39)(H2,35,36,41). The summed E-state index contributed by atoms with van der Waals surface area (Å²) < 4.78 is 0. The van der Waals surface area contributed by atoms with Gasteiger partial charge in [0.2, 0.25) is 17.7 Å². The first-order valence-corrected chi connectivity index (χ1v) is 18.6. The van der Waals surface area contributed by atoms with Crippen LogP contribution in [0.4, 0.5) is 10.5 Å². The SMILES string of the molecule is CNC(=O)CCSSCCNC(=O)C(CCCCNC(=O)CCCCC1SCC2NC(=O)NC21)NC(=O)c1ccc(N)cc1. The van der Waals surface area contributed by atoms with E-state index in [4.69, 9.17) is 5.73 Å². The van der Waals surface area contributed by atoms with Gasteiger partial charge in [0.25, 0.3) is 5.91 Å². The van der Waals surface area contributed by atoms with Crippen LogP contribution in [-0.4, -0.2) is 90.4 Å². The fourth-order valence-electron chi connectivity index (χ4n) is 4.92. The molecule has 0 saturated carbocycles. The molecule has 6 amide bonds. The first kappa shape index (κ1) is 35.7. The zero-order chi connectivity index (χ0) is 31.7. The number of amides is 6. The fraction of sp³-hybridized carbons (Fsp3) is 0.621. The number of nitrogens with two attached hydrogens (primary N) is 1. The number of carbonyl (C=O) groups is 5. The van der Waals surface area contributed by atoms with Gasteiger partial charge in [0.15, 0.2) is 0 Å². The lowest BCUT2D eigenvalue weighted by Crippen LogP contribution is -2.47. The maximum absolute atomic E-state index is 13.0. The Bertz CT molecular complexity index is 1110. The minimum atomic E-state index is -0.713. The van der Waals surface area contributed by atoms with Crippen molar-refractivity contribution in [2.24, 2.45) is 0 Å². The summed E-state index contributed by atoms with van der Waals surface area (Å²) in [6, 6.07) is 6.13. The predicted octanol–water partition coefficient (Wildman–Crippen LogP) is 2.01. The number of hydrogen-bond donors (Lipinski definition) is 7. The van der Waals surface area contributed by atoms with E-state index >= 15 is 0 Å². The maximum Gasteiger partial charge on any atom is 0.315 e. The summed E-state index contributed by atoms with van der Waals surface area (Å²) in [6.07, 6.45) is 5.37. The van der Waals surface area contributed by atoms with Crippen LogP contribution in [0, 0.1) is 0 Å². The number of benzene rings is 1. The van der Waals surface area contributed by atoms with Crippen molar-refractivity contribution < 1.29 is 24.0 Å². The monoisotopic (exact) mass is 667 g/mol. The molecule has 1 aromatic carbocycles. The molecule has 0 bridgehead atoms.